The molecule has 1 N–H and O–H groups in total. The van der Waals surface area contributed by atoms with Crippen molar-refractivity contribution in [1.29, 1.82) is 0 Å². The molecule has 0 saturated carbocycles. The molecule has 11 heteroatoms. The Hall–Kier alpha value is -3.63. The molecule has 0 saturated heterocycles. The molecule has 2 aromatic carbocycles. The molecule has 4 rings (SSSR count). The highest BCUT2D eigenvalue weighted by Gasteiger charge is 2.26. The third-order valence-corrected chi connectivity index (χ3v) is 6.52. The number of anilines is 1. The van der Waals surface area contributed by atoms with Crippen molar-refractivity contribution in [2.75, 3.05) is 5.32 Å². The second-order valence-electron chi connectivity index (χ2n) is 7.08. The first-order chi connectivity index (χ1) is 15.8. The maximum absolute atomic E-state index is 13.3. The van der Waals surface area contributed by atoms with Gasteiger partial charge in [-0.1, -0.05) is 53.7 Å². The number of nitrogens with one attached hydrogen (secondary N) is 1. The average molecular weight is 484 g/mol. The number of benzene rings is 2. The molecule has 0 aliphatic heterocycles. The number of aryl methyl sites for hydroxylation is 1. The van der Waals surface area contributed by atoms with E-state index in [-0.39, 0.29) is 22.3 Å². The molecular weight excluding hydrogens is 466 g/mol. The summed E-state index contributed by atoms with van der Waals surface area (Å²) < 4.78 is 7.15. The highest BCUT2D eigenvalue weighted by atomic mass is 35.5. The van der Waals surface area contributed by atoms with Crippen LogP contribution in [0, 0.1) is 17.0 Å². The van der Waals surface area contributed by atoms with Crippen molar-refractivity contribution in [3.63, 3.8) is 0 Å². The van der Waals surface area contributed by atoms with Crippen molar-refractivity contribution in [2.45, 2.75) is 17.3 Å². The predicted octanol–water partition coefficient (Wildman–Crippen LogP) is 5.42. The molecule has 4 aromatic rings. The number of carbonyl (C=O) groups excluding carboxylic acids is 1. The summed E-state index contributed by atoms with van der Waals surface area (Å²) in [6.07, 6.45) is 1.58. The van der Waals surface area contributed by atoms with Crippen LogP contribution in [0.25, 0.3) is 11.4 Å². The van der Waals surface area contributed by atoms with Gasteiger partial charge in [-0.25, -0.2) is 0 Å². The van der Waals surface area contributed by atoms with Gasteiger partial charge in [0.2, 0.25) is 5.91 Å². The quantitative estimate of drug-likeness (QED) is 0.212. The maximum atomic E-state index is 13.3. The van der Waals surface area contributed by atoms with Gasteiger partial charge < -0.3 is 14.3 Å². The Morgan fingerprint density at radius 3 is 2.64 bits per heavy atom. The van der Waals surface area contributed by atoms with Crippen LogP contribution in [0.15, 0.2) is 70.4 Å². The van der Waals surface area contributed by atoms with E-state index in [0.717, 1.165) is 11.1 Å². The molecule has 0 radical (unpaired) electrons. The summed E-state index contributed by atoms with van der Waals surface area (Å²) in [5.41, 5.74) is 1.54. The minimum atomic E-state index is -0.692. The van der Waals surface area contributed by atoms with Crippen molar-refractivity contribution in [2.24, 2.45) is 7.05 Å². The summed E-state index contributed by atoms with van der Waals surface area (Å²) in [5, 5.41) is 22.3. The Kier molecular flexibility index (Phi) is 6.47. The molecule has 0 aliphatic rings. The minimum absolute atomic E-state index is 0.00635. The molecule has 9 nitrogen and oxygen atoms in total. The van der Waals surface area contributed by atoms with Gasteiger partial charge >= 0.3 is 0 Å². The molecule has 1 unspecified atom stereocenters. The van der Waals surface area contributed by atoms with E-state index in [1.54, 1.807) is 10.8 Å². The number of hydrogen-bond donors (Lipinski definition) is 1. The van der Waals surface area contributed by atoms with Crippen LogP contribution in [0.2, 0.25) is 5.02 Å². The van der Waals surface area contributed by atoms with Gasteiger partial charge in [0.15, 0.2) is 11.0 Å². The summed E-state index contributed by atoms with van der Waals surface area (Å²) in [6.45, 7) is 1.84. The first-order valence-electron chi connectivity index (χ1n) is 9.75. The molecule has 1 amide bonds. The number of nitrogens with zero attached hydrogens (tertiary/aromatic N) is 4. The fourth-order valence-electron chi connectivity index (χ4n) is 3.21. The monoisotopic (exact) mass is 483 g/mol. The summed E-state index contributed by atoms with van der Waals surface area (Å²) in [7, 11) is 1.81. The number of furan rings is 1. The van der Waals surface area contributed by atoms with Gasteiger partial charge in [-0.2, -0.15) is 0 Å². The first kappa shape index (κ1) is 22.6. The number of thioether (sulfide) groups is 1. The summed E-state index contributed by atoms with van der Waals surface area (Å²) in [6, 6.07) is 15.1. The van der Waals surface area contributed by atoms with Crippen LogP contribution in [-0.2, 0) is 11.8 Å². The third-order valence-electron chi connectivity index (χ3n) is 4.91. The maximum Gasteiger partial charge on any atom is 0.289 e. The van der Waals surface area contributed by atoms with Crippen LogP contribution >= 0.6 is 23.4 Å². The standard InChI is InChI=1S/C22H18ClN5O4S/c1-13-16(10-11-32-13)20-25-26-22(27(20)2)33-19(14-6-4-3-5-7-14)21(29)24-15-8-9-17(23)18(12-15)28(30)31/h3-12,19H,1-2H3,(H,24,29). The number of nitro benzene ring substituents is 1. The van der Waals surface area contributed by atoms with E-state index in [0.29, 0.717) is 16.7 Å². The van der Waals surface area contributed by atoms with E-state index in [1.807, 2.05) is 50.4 Å². The van der Waals surface area contributed by atoms with E-state index >= 15 is 0 Å². The van der Waals surface area contributed by atoms with Gasteiger partial charge in [-0.3, -0.25) is 14.9 Å². The number of amides is 1. The van der Waals surface area contributed by atoms with Crippen molar-refractivity contribution < 1.29 is 14.1 Å². The lowest BCUT2D eigenvalue weighted by Crippen LogP contribution is -2.19. The smallest absolute Gasteiger partial charge is 0.289 e. The number of carbonyl (C=O) groups is 1. The number of halogens is 1. The van der Waals surface area contributed by atoms with Gasteiger partial charge in [0.05, 0.1) is 16.7 Å². The van der Waals surface area contributed by atoms with Gasteiger partial charge in [-0.15, -0.1) is 10.2 Å². The van der Waals surface area contributed by atoms with E-state index in [9.17, 15) is 14.9 Å². The van der Waals surface area contributed by atoms with Crippen LogP contribution in [0.5, 0.6) is 0 Å². The predicted molar refractivity (Wildman–Crippen MR) is 125 cm³/mol. The molecule has 33 heavy (non-hydrogen) atoms. The highest BCUT2D eigenvalue weighted by molar-refractivity contribution is 8.00. The number of aromatic nitrogens is 3. The molecule has 168 valence electrons. The van der Waals surface area contributed by atoms with Gasteiger partial charge in [0.1, 0.15) is 16.0 Å². The van der Waals surface area contributed by atoms with Crippen molar-refractivity contribution in [1.82, 2.24) is 14.8 Å². The Balaban J connectivity index is 1.64. The van der Waals surface area contributed by atoms with E-state index in [1.165, 1.54) is 30.0 Å². The Labute approximate surface area is 197 Å². The summed E-state index contributed by atoms with van der Waals surface area (Å²) >= 11 is 7.10. The van der Waals surface area contributed by atoms with E-state index < -0.39 is 10.2 Å². The first-order valence-corrected chi connectivity index (χ1v) is 11.0. The molecule has 0 bridgehead atoms. The Bertz CT molecular complexity index is 1320. The zero-order valence-electron chi connectivity index (χ0n) is 17.6. The zero-order chi connectivity index (χ0) is 23.5. The fourth-order valence-corrected chi connectivity index (χ4v) is 4.40. The summed E-state index contributed by atoms with van der Waals surface area (Å²) in [5.74, 6) is 0.958. The number of nitro groups is 1. The summed E-state index contributed by atoms with van der Waals surface area (Å²) in [4.78, 5) is 23.9. The van der Waals surface area contributed by atoms with E-state index in [4.69, 9.17) is 16.0 Å². The van der Waals surface area contributed by atoms with Gasteiger partial charge in [0.25, 0.3) is 5.69 Å². The molecule has 0 spiro atoms. The van der Waals surface area contributed by atoms with Crippen LogP contribution in [-0.4, -0.2) is 25.6 Å². The largest absolute Gasteiger partial charge is 0.469 e. The molecular formula is C22H18ClN5O4S. The second kappa shape index (κ2) is 9.47. The number of rotatable bonds is 7. The van der Waals surface area contributed by atoms with Gasteiger partial charge in [-0.05, 0) is 30.7 Å². The third kappa shape index (κ3) is 4.76. The molecule has 2 heterocycles. The zero-order valence-corrected chi connectivity index (χ0v) is 19.1. The van der Waals surface area contributed by atoms with Crippen molar-refractivity contribution >= 4 is 40.6 Å². The molecule has 0 fully saturated rings. The minimum Gasteiger partial charge on any atom is -0.469 e. The Morgan fingerprint density at radius 2 is 1.97 bits per heavy atom. The van der Waals surface area contributed by atoms with Crippen LogP contribution in [0.3, 0.4) is 0 Å². The topological polar surface area (TPSA) is 116 Å². The average Bonchev–Trinajstić information content (AvgIpc) is 3.38. The SMILES string of the molecule is Cc1occc1-c1nnc(SC(C(=O)Nc2ccc(Cl)c([N+](=O)[O-])c2)c2ccccc2)n1C. The van der Waals surface area contributed by atoms with Crippen LogP contribution < -0.4 is 5.32 Å². The fraction of sp³-hybridized carbons (Fsp3) is 0.136. The Morgan fingerprint density at radius 1 is 1.21 bits per heavy atom. The van der Waals surface area contributed by atoms with Crippen LogP contribution in [0.1, 0.15) is 16.6 Å². The second-order valence-corrected chi connectivity index (χ2v) is 8.56. The van der Waals surface area contributed by atoms with E-state index in [2.05, 4.69) is 15.5 Å². The molecule has 1 atom stereocenters. The molecule has 2 aromatic heterocycles. The lowest BCUT2D eigenvalue weighted by atomic mass is 10.1. The lowest BCUT2D eigenvalue weighted by Gasteiger charge is -2.16. The lowest BCUT2D eigenvalue weighted by molar-refractivity contribution is -0.384. The van der Waals surface area contributed by atoms with Gasteiger partial charge in [0, 0.05) is 18.8 Å². The molecule has 0 aliphatic carbocycles. The van der Waals surface area contributed by atoms with Crippen LogP contribution in [0.4, 0.5) is 11.4 Å². The van der Waals surface area contributed by atoms with Crippen molar-refractivity contribution in [3.8, 4) is 11.4 Å². The normalized spacial score (nSPS) is 11.8. The van der Waals surface area contributed by atoms with Crippen molar-refractivity contribution in [3.05, 3.63) is 87.3 Å². The highest BCUT2D eigenvalue weighted by Crippen LogP contribution is 2.37. The number of hydrogen-bond acceptors (Lipinski definition) is 7.